The van der Waals surface area contributed by atoms with Crippen molar-refractivity contribution in [3.05, 3.63) is 76.2 Å². The van der Waals surface area contributed by atoms with Gasteiger partial charge >= 0.3 is 0 Å². The van der Waals surface area contributed by atoms with Crippen molar-refractivity contribution in [2.24, 2.45) is 0 Å². The second-order valence-corrected chi connectivity index (χ2v) is 5.71. The Morgan fingerprint density at radius 1 is 0.952 bits per heavy atom. The maximum Gasteiger partial charge on any atom is 0.290 e. The summed E-state index contributed by atoms with van der Waals surface area (Å²) in [7, 11) is 0. The van der Waals surface area contributed by atoms with Crippen LogP contribution in [0.3, 0.4) is 0 Å². The van der Waals surface area contributed by atoms with Crippen LogP contribution < -0.4 is 5.32 Å². The SMILES string of the molecule is Cc1ccccc1/C(=C1\SC(=O)NC1=O)c1ccccc1. The lowest BCUT2D eigenvalue weighted by atomic mass is 9.94. The highest BCUT2D eigenvalue weighted by molar-refractivity contribution is 8.18. The fraction of sp³-hybridized carbons (Fsp3) is 0.0588. The first-order valence-corrected chi connectivity index (χ1v) is 7.37. The molecule has 1 heterocycles. The van der Waals surface area contributed by atoms with Crippen molar-refractivity contribution in [1.29, 1.82) is 0 Å². The van der Waals surface area contributed by atoms with Gasteiger partial charge in [0, 0.05) is 5.57 Å². The van der Waals surface area contributed by atoms with Gasteiger partial charge in [-0.25, -0.2) is 0 Å². The normalized spacial score (nSPS) is 16.8. The van der Waals surface area contributed by atoms with Gasteiger partial charge in [-0.15, -0.1) is 0 Å². The monoisotopic (exact) mass is 295 g/mol. The van der Waals surface area contributed by atoms with Crippen LogP contribution in [0, 0.1) is 6.92 Å². The van der Waals surface area contributed by atoms with E-state index in [2.05, 4.69) is 5.32 Å². The van der Waals surface area contributed by atoms with Crippen molar-refractivity contribution in [2.45, 2.75) is 6.92 Å². The average molecular weight is 295 g/mol. The van der Waals surface area contributed by atoms with Gasteiger partial charge in [-0.05, 0) is 35.4 Å². The molecule has 21 heavy (non-hydrogen) atoms. The lowest BCUT2D eigenvalue weighted by Crippen LogP contribution is -2.18. The van der Waals surface area contributed by atoms with Crippen molar-refractivity contribution >= 4 is 28.5 Å². The maximum absolute atomic E-state index is 12.1. The van der Waals surface area contributed by atoms with Crippen LogP contribution in [-0.4, -0.2) is 11.1 Å². The highest BCUT2D eigenvalue weighted by Gasteiger charge is 2.30. The Morgan fingerprint density at radius 2 is 1.62 bits per heavy atom. The number of hydrogen-bond acceptors (Lipinski definition) is 3. The Hall–Kier alpha value is -2.33. The topological polar surface area (TPSA) is 46.2 Å². The van der Waals surface area contributed by atoms with Crippen LogP contribution >= 0.6 is 11.8 Å². The van der Waals surface area contributed by atoms with Gasteiger partial charge in [0.2, 0.25) is 0 Å². The lowest BCUT2D eigenvalue weighted by molar-refractivity contribution is -0.115. The summed E-state index contributed by atoms with van der Waals surface area (Å²) in [5.41, 5.74) is 3.77. The van der Waals surface area contributed by atoms with Gasteiger partial charge in [0.1, 0.15) is 0 Å². The second kappa shape index (κ2) is 5.58. The molecule has 104 valence electrons. The Balaban J connectivity index is 2.27. The number of thioether (sulfide) groups is 1. The molecular formula is C17H13NO2S. The number of benzene rings is 2. The van der Waals surface area contributed by atoms with Crippen LogP contribution in [0.25, 0.3) is 5.57 Å². The van der Waals surface area contributed by atoms with Crippen LogP contribution in [0.15, 0.2) is 59.5 Å². The molecular weight excluding hydrogens is 282 g/mol. The molecule has 1 saturated heterocycles. The van der Waals surface area contributed by atoms with E-state index in [9.17, 15) is 9.59 Å². The van der Waals surface area contributed by atoms with Crippen molar-refractivity contribution in [3.8, 4) is 0 Å². The third-order valence-corrected chi connectivity index (χ3v) is 4.20. The van der Waals surface area contributed by atoms with Crippen LogP contribution in [-0.2, 0) is 4.79 Å². The predicted octanol–water partition coefficient (Wildman–Crippen LogP) is 3.74. The molecule has 0 atom stereocenters. The van der Waals surface area contributed by atoms with E-state index in [-0.39, 0.29) is 11.1 Å². The molecule has 2 aromatic rings. The minimum absolute atomic E-state index is 0.322. The number of aryl methyl sites for hydroxylation is 1. The smallest absolute Gasteiger partial charge is 0.282 e. The summed E-state index contributed by atoms with van der Waals surface area (Å²) < 4.78 is 0. The molecule has 0 saturated carbocycles. The first-order valence-electron chi connectivity index (χ1n) is 6.55. The molecule has 0 radical (unpaired) electrons. The van der Waals surface area contributed by atoms with Gasteiger partial charge in [-0.1, -0.05) is 54.6 Å². The first kappa shape index (κ1) is 13.6. The van der Waals surface area contributed by atoms with Gasteiger partial charge in [-0.3, -0.25) is 14.9 Å². The summed E-state index contributed by atoms with van der Waals surface area (Å²) in [5, 5.41) is 2.01. The first-order chi connectivity index (χ1) is 10.2. The van der Waals surface area contributed by atoms with Gasteiger partial charge in [0.05, 0.1) is 4.91 Å². The molecule has 4 heteroatoms. The third kappa shape index (κ3) is 2.62. The minimum atomic E-state index is -0.327. The summed E-state index contributed by atoms with van der Waals surface area (Å²) in [6, 6.07) is 17.5. The van der Waals surface area contributed by atoms with Gasteiger partial charge in [0.15, 0.2) is 0 Å². The molecule has 1 fully saturated rings. The molecule has 1 aliphatic heterocycles. The Labute approximate surface area is 127 Å². The number of rotatable bonds is 2. The molecule has 3 rings (SSSR count). The van der Waals surface area contributed by atoms with Gasteiger partial charge in [-0.2, -0.15) is 0 Å². The van der Waals surface area contributed by atoms with E-state index in [0.29, 0.717) is 4.91 Å². The maximum atomic E-state index is 12.1. The summed E-state index contributed by atoms with van der Waals surface area (Å²) in [6.07, 6.45) is 0. The number of amides is 2. The minimum Gasteiger partial charge on any atom is -0.282 e. The standard InChI is InChI=1S/C17H13NO2S/c1-11-7-5-6-10-13(11)14(12-8-3-2-4-9-12)15-16(19)18-17(20)21-15/h2-10H,1H3,(H,18,19,20)/b15-14-. The quantitative estimate of drug-likeness (QED) is 0.859. The molecule has 1 aliphatic rings. The highest BCUT2D eigenvalue weighted by Crippen LogP contribution is 2.37. The summed E-state index contributed by atoms with van der Waals surface area (Å²) >= 11 is 0.960. The molecule has 0 bridgehead atoms. The van der Waals surface area contributed by atoms with Crippen molar-refractivity contribution < 1.29 is 9.59 Å². The second-order valence-electron chi connectivity index (χ2n) is 4.73. The van der Waals surface area contributed by atoms with E-state index in [4.69, 9.17) is 0 Å². The zero-order chi connectivity index (χ0) is 14.8. The van der Waals surface area contributed by atoms with Crippen molar-refractivity contribution in [2.75, 3.05) is 0 Å². The van der Waals surface area contributed by atoms with E-state index in [0.717, 1.165) is 34.0 Å². The summed E-state index contributed by atoms with van der Waals surface area (Å²) in [6.45, 7) is 2.00. The Morgan fingerprint density at radius 3 is 2.24 bits per heavy atom. The van der Waals surface area contributed by atoms with Crippen LogP contribution in [0.2, 0.25) is 0 Å². The van der Waals surface area contributed by atoms with Gasteiger partial charge in [0.25, 0.3) is 11.1 Å². The lowest BCUT2D eigenvalue weighted by Gasteiger charge is -2.13. The number of carbonyl (C=O) groups is 2. The number of hydrogen-bond donors (Lipinski definition) is 1. The van der Waals surface area contributed by atoms with E-state index in [1.807, 2.05) is 61.5 Å². The highest BCUT2D eigenvalue weighted by atomic mass is 32.2. The van der Waals surface area contributed by atoms with Crippen LogP contribution in [0.5, 0.6) is 0 Å². The fourth-order valence-corrected chi connectivity index (χ4v) is 3.15. The fourth-order valence-electron chi connectivity index (χ4n) is 2.35. The molecule has 2 amide bonds. The van der Waals surface area contributed by atoms with Gasteiger partial charge < -0.3 is 0 Å². The van der Waals surface area contributed by atoms with Crippen molar-refractivity contribution in [3.63, 3.8) is 0 Å². The number of imide groups is 1. The third-order valence-electron chi connectivity index (χ3n) is 3.32. The molecule has 0 aromatic heterocycles. The summed E-state index contributed by atoms with van der Waals surface area (Å²) in [5.74, 6) is -0.327. The molecule has 2 aromatic carbocycles. The van der Waals surface area contributed by atoms with E-state index in [1.54, 1.807) is 0 Å². The van der Waals surface area contributed by atoms with E-state index in [1.165, 1.54) is 0 Å². The Bertz CT molecular complexity index is 750. The molecule has 3 nitrogen and oxygen atoms in total. The van der Waals surface area contributed by atoms with E-state index >= 15 is 0 Å². The molecule has 0 unspecified atom stereocenters. The van der Waals surface area contributed by atoms with Crippen LogP contribution in [0.1, 0.15) is 16.7 Å². The van der Waals surface area contributed by atoms with Crippen LogP contribution in [0.4, 0.5) is 4.79 Å². The zero-order valence-corrected chi connectivity index (χ0v) is 12.2. The predicted molar refractivity (Wildman–Crippen MR) is 84.8 cm³/mol. The number of carbonyl (C=O) groups excluding carboxylic acids is 2. The average Bonchev–Trinajstić information content (AvgIpc) is 2.81. The molecule has 1 N–H and O–H groups in total. The Kier molecular flexibility index (Phi) is 3.62. The number of nitrogens with one attached hydrogen (secondary N) is 1. The molecule has 0 aliphatic carbocycles. The van der Waals surface area contributed by atoms with E-state index < -0.39 is 0 Å². The molecule has 0 spiro atoms. The summed E-state index contributed by atoms with van der Waals surface area (Å²) in [4.78, 5) is 24.0. The van der Waals surface area contributed by atoms with Crippen molar-refractivity contribution in [1.82, 2.24) is 5.32 Å². The largest absolute Gasteiger partial charge is 0.290 e. The zero-order valence-electron chi connectivity index (χ0n) is 11.4.